The van der Waals surface area contributed by atoms with Gasteiger partial charge in [0.15, 0.2) is 0 Å². The molecule has 2 N–H and O–H groups in total. The van der Waals surface area contributed by atoms with E-state index in [1.165, 1.54) is 11.9 Å². The molecule has 1 heterocycles. The van der Waals surface area contributed by atoms with Crippen LogP contribution >= 0.6 is 15.9 Å². The van der Waals surface area contributed by atoms with Crippen molar-refractivity contribution in [3.8, 4) is 0 Å². The number of rotatable bonds is 2. The maximum atomic E-state index is 13.8. The summed E-state index contributed by atoms with van der Waals surface area (Å²) in [7, 11) is 1.48. The number of urea groups is 1. The highest BCUT2D eigenvalue weighted by Crippen LogP contribution is 2.23. The summed E-state index contributed by atoms with van der Waals surface area (Å²) in [6, 6.07) is 1.29. The van der Waals surface area contributed by atoms with Gasteiger partial charge in [-0.15, -0.1) is 0 Å². The number of halogens is 3. The first-order valence-corrected chi connectivity index (χ1v) is 6.63. The van der Waals surface area contributed by atoms with Crippen molar-refractivity contribution >= 4 is 27.9 Å². The first kappa shape index (κ1) is 14.7. The number of carbonyl (C=O) groups is 2. The zero-order chi connectivity index (χ0) is 14.9. The van der Waals surface area contributed by atoms with Crippen LogP contribution in [0.5, 0.6) is 0 Å². The van der Waals surface area contributed by atoms with E-state index in [0.717, 1.165) is 12.1 Å². The number of hydrogen-bond acceptors (Lipinski definition) is 2. The lowest BCUT2D eigenvalue weighted by molar-refractivity contribution is 0.0572. The van der Waals surface area contributed by atoms with E-state index in [1.54, 1.807) is 0 Å². The summed E-state index contributed by atoms with van der Waals surface area (Å²) in [6.07, 6.45) is 0. The predicted octanol–water partition coefficient (Wildman–Crippen LogP) is 1.48. The fourth-order valence-electron chi connectivity index (χ4n) is 1.88. The average Bonchev–Trinajstić information content (AvgIpc) is 2.36. The first-order chi connectivity index (χ1) is 9.42. The molecular weight excluding hydrogens is 336 g/mol. The summed E-state index contributed by atoms with van der Waals surface area (Å²) in [5.41, 5.74) is -0.324. The van der Waals surface area contributed by atoms with Crippen LogP contribution in [0.1, 0.15) is 10.4 Å². The average molecular weight is 348 g/mol. The van der Waals surface area contributed by atoms with E-state index < -0.39 is 17.5 Å². The molecule has 3 amide bonds. The SMILES string of the molecule is CNC(=O)NC1CN(C(=O)c2cc(F)cc(Br)c2F)C1. The van der Waals surface area contributed by atoms with Crippen molar-refractivity contribution in [2.75, 3.05) is 20.1 Å². The highest BCUT2D eigenvalue weighted by atomic mass is 79.9. The van der Waals surface area contributed by atoms with Crippen LogP contribution in [0.15, 0.2) is 16.6 Å². The fraction of sp³-hybridized carbons (Fsp3) is 0.333. The van der Waals surface area contributed by atoms with E-state index in [-0.39, 0.29) is 35.2 Å². The standard InChI is InChI=1S/C12H12BrF2N3O2/c1-16-12(20)17-7-4-18(5-7)11(19)8-2-6(14)3-9(13)10(8)15/h2-3,7H,4-5H2,1H3,(H2,16,17,20). The Labute approximate surface area is 122 Å². The van der Waals surface area contributed by atoms with Crippen LogP contribution in [0.3, 0.4) is 0 Å². The number of likely N-dealkylation sites (tertiary alicyclic amines) is 1. The monoisotopic (exact) mass is 347 g/mol. The van der Waals surface area contributed by atoms with Crippen LogP contribution in [0, 0.1) is 11.6 Å². The molecule has 1 aliphatic heterocycles. The van der Waals surface area contributed by atoms with E-state index in [1.807, 2.05) is 0 Å². The zero-order valence-electron chi connectivity index (χ0n) is 10.5. The Hall–Kier alpha value is -1.70. The Morgan fingerprint density at radius 1 is 1.35 bits per heavy atom. The van der Waals surface area contributed by atoms with Gasteiger partial charge in [-0.05, 0) is 28.1 Å². The molecule has 0 spiro atoms. The molecule has 1 saturated heterocycles. The zero-order valence-corrected chi connectivity index (χ0v) is 12.1. The van der Waals surface area contributed by atoms with Crippen LogP contribution in [-0.4, -0.2) is 43.0 Å². The van der Waals surface area contributed by atoms with Crippen LogP contribution < -0.4 is 10.6 Å². The minimum absolute atomic E-state index is 0.0959. The van der Waals surface area contributed by atoms with E-state index >= 15 is 0 Å². The second-order valence-electron chi connectivity index (χ2n) is 4.38. The Morgan fingerprint density at radius 2 is 2.00 bits per heavy atom. The van der Waals surface area contributed by atoms with E-state index in [0.29, 0.717) is 0 Å². The lowest BCUT2D eigenvalue weighted by atomic mass is 10.1. The third-order valence-electron chi connectivity index (χ3n) is 2.95. The van der Waals surface area contributed by atoms with Crippen molar-refractivity contribution in [2.45, 2.75) is 6.04 Å². The van der Waals surface area contributed by atoms with Gasteiger partial charge < -0.3 is 15.5 Å². The van der Waals surface area contributed by atoms with Crippen LogP contribution in [0.2, 0.25) is 0 Å². The smallest absolute Gasteiger partial charge is 0.314 e. The van der Waals surface area contributed by atoms with Gasteiger partial charge in [0.05, 0.1) is 16.1 Å². The minimum Gasteiger partial charge on any atom is -0.341 e. The number of hydrogen-bond donors (Lipinski definition) is 2. The lowest BCUT2D eigenvalue weighted by Crippen LogP contribution is -2.62. The van der Waals surface area contributed by atoms with Gasteiger partial charge in [0.25, 0.3) is 5.91 Å². The van der Waals surface area contributed by atoms with Crippen molar-refractivity contribution in [1.29, 1.82) is 0 Å². The molecule has 0 saturated carbocycles. The van der Waals surface area contributed by atoms with Gasteiger partial charge in [0, 0.05) is 20.1 Å². The normalized spacial score (nSPS) is 14.7. The maximum absolute atomic E-state index is 13.8. The molecule has 1 aliphatic rings. The Balaban J connectivity index is 2.03. The summed E-state index contributed by atoms with van der Waals surface area (Å²) in [4.78, 5) is 24.4. The van der Waals surface area contributed by atoms with E-state index in [9.17, 15) is 18.4 Å². The Morgan fingerprint density at radius 3 is 2.60 bits per heavy atom. The summed E-state index contributed by atoms with van der Waals surface area (Å²) < 4.78 is 26.9. The molecular formula is C12H12BrF2N3O2. The van der Waals surface area contributed by atoms with Gasteiger partial charge in [-0.1, -0.05) is 0 Å². The highest BCUT2D eigenvalue weighted by Gasteiger charge is 2.33. The summed E-state index contributed by atoms with van der Waals surface area (Å²) in [5, 5.41) is 5.01. The lowest BCUT2D eigenvalue weighted by Gasteiger charge is -2.39. The minimum atomic E-state index is -0.792. The Kier molecular flexibility index (Phi) is 4.22. The maximum Gasteiger partial charge on any atom is 0.314 e. The van der Waals surface area contributed by atoms with Gasteiger partial charge in [-0.3, -0.25) is 4.79 Å². The topological polar surface area (TPSA) is 61.4 Å². The predicted molar refractivity (Wildman–Crippen MR) is 71.3 cm³/mol. The second-order valence-corrected chi connectivity index (χ2v) is 5.23. The molecule has 0 atom stereocenters. The molecule has 1 fully saturated rings. The molecule has 0 aromatic heterocycles. The number of nitrogens with zero attached hydrogens (tertiary/aromatic N) is 1. The number of benzene rings is 1. The first-order valence-electron chi connectivity index (χ1n) is 5.84. The van der Waals surface area contributed by atoms with Crippen LogP contribution in [-0.2, 0) is 0 Å². The third kappa shape index (κ3) is 2.90. The quantitative estimate of drug-likeness (QED) is 0.796. The molecule has 0 radical (unpaired) electrons. The van der Waals surface area contributed by atoms with Crippen molar-refractivity contribution in [1.82, 2.24) is 15.5 Å². The molecule has 8 heteroatoms. The summed E-state index contributed by atoms with van der Waals surface area (Å²) in [6.45, 7) is 0.527. The third-order valence-corrected chi connectivity index (χ3v) is 3.53. The molecule has 108 valence electrons. The molecule has 20 heavy (non-hydrogen) atoms. The van der Waals surface area contributed by atoms with Gasteiger partial charge >= 0.3 is 6.03 Å². The molecule has 0 unspecified atom stereocenters. The van der Waals surface area contributed by atoms with Gasteiger partial charge in [-0.25, -0.2) is 13.6 Å². The molecule has 2 rings (SSSR count). The summed E-state index contributed by atoms with van der Waals surface area (Å²) in [5.74, 6) is -2.08. The van der Waals surface area contributed by atoms with Crippen molar-refractivity contribution in [2.24, 2.45) is 0 Å². The van der Waals surface area contributed by atoms with Crippen LogP contribution in [0.25, 0.3) is 0 Å². The molecule has 1 aromatic rings. The number of nitrogens with one attached hydrogen (secondary N) is 2. The van der Waals surface area contributed by atoms with Crippen LogP contribution in [0.4, 0.5) is 13.6 Å². The van der Waals surface area contributed by atoms with Gasteiger partial charge in [-0.2, -0.15) is 0 Å². The van der Waals surface area contributed by atoms with Crippen molar-refractivity contribution < 1.29 is 18.4 Å². The highest BCUT2D eigenvalue weighted by molar-refractivity contribution is 9.10. The number of carbonyl (C=O) groups excluding carboxylic acids is 2. The molecule has 0 bridgehead atoms. The summed E-state index contributed by atoms with van der Waals surface area (Å²) >= 11 is 2.86. The van der Waals surface area contributed by atoms with E-state index in [2.05, 4.69) is 26.6 Å². The van der Waals surface area contributed by atoms with Crippen molar-refractivity contribution in [3.63, 3.8) is 0 Å². The van der Waals surface area contributed by atoms with Crippen molar-refractivity contribution in [3.05, 3.63) is 33.8 Å². The van der Waals surface area contributed by atoms with Gasteiger partial charge in [0.1, 0.15) is 11.6 Å². The fourth-order valence-corrected chi connectivity index (χ4v) is 2.31. The molecule has 1 aromatic carbocycles. The number of amides is 3. The Bertz CT molecular complexity index is 562. The second kappa shape index (κ2) is 5.74. The van der Waals surface area contributed by atoms with Gasteiger partial charge in [0.2, 0.25) is 0 Å². The largest absolute Gasteiger partial charge is 0.341 e. The molecule has 5 nitrogen and oxygen atoms in total. The molecule has 0 aliphatic carbocycles. The van der Waals surface area contributed by atoms with E-state index in [4.69, 9.17) is 0 Å².